The van der Waals surface area contributed by atoms with E-state index in [0.29, 0.717) is 40.7 Å². The molecule has 2 aromatic carbocycles. The van der Waals surface area contributed by atoms with Crippen molar-refractivity contribution in [2.75, 3.05) is 13.1 Å². The average Bonchev–Trinajstić information content (AvgIpc) is 3.15. The zero-order chi connectivity index (χ0) is 20.4. The molecule has 0 aliphatic carbocycles. The monoisotopic (exact) mass is 410 g/mol. The molecule has 0 saturated carbocycles. The van der Waals surface area contributed by atoms with E-state index in [4.69, 9.17) is 16.1 Å². The summed E-state index contributed by atoms with van der Waals surface area (Å²) < 4.78 is 5.34. The predicted molar refractivity (Wildman–Crippen MR) is 112 cm³/mol. The number of halogens is 1. The van der Waals surface area contributed by atoms with Crippen LogP contribution in [0.1, 0.15) is 40.6 Å². The topological polar surface area (TPSA) is 66.6 Å². The summed E-state index contributed by atoms with van der Waals surface area (Å²) >= 11 is 6.31. The molecular weight excluding hydrogens is 388 g/mol. The number of carbonyl (C=O) groups excluding carboxylic acids is 1. The van der Waals surface area contributed by atoms with Crippen LogP contribution >= 0.6 is 11.6 Å². The zero-order valence-electron chi connectivity index (χ0n) is 16.2. The second kappa shape index (κ2) is 8.39. The maximum absolute atomic E-state index is 13.3. The number of piperidine rings is 1. The summed E-state index contributed by atoms with van der Waals surface area (Å²) in [7, 11) is 0. The molecule has 6 heteroatoms. The normalized spacial score (nSPS) is 16.0. The van der Waals surface area contributed by atoms with Crippen LogP contribution in [-0.4, -0.2) is 34.2 Å². The van der Waals surface area contributed by atoms with Crippen molar-refractivity contribution in [3.8, 4) is 11.3 Å². The number of rotatable bonds is 4. The summed E-state index contributed by atoms with van der Waals surface area (Å²) in [5, 5.41) is 15.3. The Morgan fingerprint density at radius 1 is 1.14 bits per heavy atom. The second-order valence-corrected chi connectivity index (χ2v) is 7.83. The molecule has 2 heterocycles. The minimum atomic E-state index is -0.510. The Balaban J connectivity index is 1.50. The Bertz CT molecular complexity index is 994. The third kappa shape index (κ3) is 3.93. The molecule has 150 valence electrons. The molecule has 3 aromatic rings. The van der Waals surface area contributed by atoms with Crippen molar-refractivity contribution in [3.63, 3.8) is 0 Å². The van der Waals surface area contributed by atoms with E-state index in [1.54, 1.807) is 13.0 Å². The largest absolute Gasteiger partial charge is 0.388 e. The smallest absolute Gasteiger partial charge is 0.259 e. The minimum absolute atomic E-state index is 0.105. The van der Waals surface area contributed by atoms with Crippen LogP contribution in [0.15, 0.2) is 59.1 Å². The number of amides is 1. The van der Waals surface area contributed by atoms with Gasteiger partial charge in [0.15, 0.2) is 0 Å². The minimum Gasteiger partial charge on any atom is -0.388 e. The van der Waals surface area contributed by atoms with Gasteiger partial charge in [0.2, 0.25) is 0 Å². The molecule has 29 heavy (non-hydrogen) atoms. The molecule has 0 radical (unpaired) electrons. The highest BCUT2D eigenvalue weighted by atomic mass is 35.5. The SMILES string of the molecule is Cc1onc(-c2ccccc2Cl)c1C(=O)N1CCC(C(O)c2ccccc2)CC1. The number of aliphatic hydroxyl groups excluding tert-OH is 1. The van der Waals surface area contributed by atoms with Gasteiger partial charge in [-0.25, -0.2) is 0 Å². The van der Waals surface area contributed by atoms with Crippen molar-refractivity contribution in [2.45, 2.75) is 25.9 Å². The van der Waals surface area contributed by atoms with E-state index in [2.05, 4.69) is 5.16 Å². The average molecular weight is 411 g/mol. The van der Waals surface area contributed by atoms with E-state index in [9.17, 15) is 9.90 Å². The van der Waals surface area contributed by atoms with E-state index in [1.807, 2.05) is 53.4 Å². The molecule has 0 bridgehead atoms. The predicted octanol–water partition coefficient (Wildman–Crippen LogP) is 4.89. The Hall–Kier alpha value is -2.63. The standard InChI is InChI=1S/C23H23ClN2O3/c1-15-20(21(25-29-15)18-9-5-6-10-19(18)24)23(28)26-13-11-17(12-14-26)22(27)16-7-3-2-4-8-16/h2-10,17,22,27H,11-14H2,1H3. The number of aryl methyl sites for hydroxylation is 1. The molecule has 4 rings (SSSR count). The van der Waals surface area contributed by atoms with E-state index in [0.717, 1.165) is 18.4 Å². The first-order chi connectivity index (χ1) is 14.1. The zero-order valence-corrected chi connectivity index (χ0v) is 17.0. The van der Waals surface area contributed by atoms with Crippen molar-refractivity contribution in [1.82, 2.24) is 10.1 Å². The Morgan fingerprint density at radius 3 is 2.48 bits per heavy atom. The Morgan fingerprint density at radius 2 is 1.79 bits per heavy atom. The van der Waals surface area contributed by atoms with Gasteiger partial charge in [-0.15, -0.1) is 0 Å². The summed E-state index contributed by atoms with van der Waals surface area (Å²) in [5.74, 6) is 0.510. The van der Waals surface area contributed by atoms with Gasteiger partial charge in [-0.3, -0.25) is 4.79 Å². The van der Waals surface area contributed by atoms with Gasteiger partial charge in [-0.2, -0.15) is 0 Å². The van der Waals surface area contributed by atoms with Crippen LogP contribution in [0.2, 0.25) is 5.02 Å². The first kappa shape index (κ1) is 19.7. The molecular formula is C23H23ClN2O3. The number of hydrogen-bond acceptors (Lipinski definition) is 4. The lowest BCUT2D eigenvalue weighted by atomic mass is 9.87. The van der Waals surface area contributed by atoms with Gasteiger partial charge in [-0.1, -0.05) is 65.3 Å². The van der Waals surface area contributed by atoms with Gasteiger partial charge in [-0.05, 0) is 37.3 Å². The summed E-state index contributed by atoms with van der Waals surface area (Å²) in [6, 6.07) is 17.0. The van der Waals surface area contributed by atoms with Gasteiger partial charge in [0.05, 0.1) is 11.1 Å². The quantitative estimate of drug-likeness (QED) is 0.665. The molecule has 1 unspecified atom stereocenters. The summed E-state index contributed by atoms with van der Waals surface area (Å²) in [5.41, 5.74) is 2.54. The van der Waals surface area contributed by atoms with Crippen molar-refractivity contribution in [2.24, 2.45) is 5.92 Å². The molecule has 5 nitrogen and oxygen atoms in total. The fourth-order valence-corrected chi connectivity index (χ4v) is 4.19. The third-order valence-electron chi connectivity index (χ3n) is 5.62. The lowest BCUT2D eigenvalue weighted by molar-refractivity contribution is 0.0461. The fraction of sp³-hybridized carbons (Fsp3) is 0.304. The molecule has 1 aliphatic heterocycles. The lowest BCUT2D eigenvalue weighted by Crippen LogP contribution is -2.40. The maximum Gasteiger partial charge on any atom is 0.259 e. The highest BCUT2D eigenvalue weighted by Gasteiger charge is 2.32. The number of benzene rings is 2. The second-order valence-electron chi connectivity index (χ2n) is 7.43. The molecule has 1 N–H and O–H groups in total. The first-order valence-electron chi connectivity index (χ1n) is 9.79. The maximum atomic E-state index is 13.3. The molecule has 1 saturated heterocycles. The molecule has 1 amide bonds. The van der Waals surface area contributed by atoms with Gasteiger partial charge in [0.25, 0.3) is 5.91 Å². The summed E-state index contributed by atoms with van der Waals surface area (Å²) in [6.07, 6.45) is 0.977. The molecule has 1 aromatic heterocycles. The third-order valence-corrected chi connectivity index (χ3v) is 5.95. The van der Waals surface area contributed by atoms with Gasteiger partial charge in [0.1, 0.15) is 17.0 Å². The highest BCUT2D eigenvalue weighted by Crippen LogP contribution is 2.34. The number of aliphatic hydroxyl groups is 1. The first-order valence-corrected chi connectivity index (χ1v) is 10.2. The van der Waals surface area contributed by atoms with Gasteiger partial charge < -0.3 is 14.5 Å². The van der Waals surface area contributed by atoms with Gasteiger partial charge >= 0.3 is 0 Å². The molecule has 0 spiro atoms. The van der Waals surface area contributed by atoms with E-state index in [-0.39, 0.29) is 11.8 Å². The fourth-order valence-electron chi connectivity index (χ4n) is 3.96. The number of nitrogens with zero attached hydrogens (tertiary/aromatic N) is 2. The van der Waals surface area contributed by atoms with Crippen molar-refractivity contribution >= 4 is 17.5 Å². The number of hydrogen-bond donors (Lipinski definition) is 1. The number of aromatic nitrogens is 1. The van der Waals surface area contributed by atoms with Crippen molar-refractivity contribution in [3.05, 3.63) is 76.5 Å². The number of carbonyl (C=O) groups is 1. The molecule has 1 aliphatic rings. The van der Waals surface area contributed by atoms with Crippen LogP contribution in [-0.2, 0) is 0 Å². The van der Waals surface area contributed by atoms with Crippen LogP contribution in [0.3, 0.4) is 0 Å². The van der Waals surface area contributed by atoms with Gasteiger partial charge in [0, 0.05) is 18.7 Å². The van der Waals surface area contributed by atoms with Crippen LogP contribution < -0.4 is 0 Å². The Kier molecular flexibility index (Phi) is 5.69. The highest BCUT2D eigenvalue weighted by molar-refractivity contribution is 6.33. The summed E-state index contributed by atoms with van der Waals surface area (Å²) in [4.78, 5) is 15.1. The van der Waals surface area contributed by atoms with Crippen LogP contribution in [0.25, 0.3) is 11.3 Å². The van der Waals surface area contributed by atoms with Crippen molar-refractivity contribution < 1.29 is 14.4 Å². The van der Waals surface area contributed by atoms with Crippen LogP contribution in [0, 0.1) is 12.8 Å². The van der Waals surface area contributed by atoms with Crippen molar-refractivity contribution in [1.29, 1.82) is 0 Å². The van der Waals surface area contributed by atoms with E-state index in [1.165, 1.54) is 0 Å². The molecule has 1 atom stereocenters. The van der Waals surface area contributed by atoms with Crippen LogP contribution in [0.4, 0.5) is 0 Å². The Labute approximate surface area is 174 Å². The van der Waals surface area contributed by atoms with E-state index >= 15 is 0 Å². The molecule has 1 fully saturated rings. The number of likely N-dealkylation sites (tertiary alicyclic amines) is 1. The van der Waals surface area contributed by atoms with Crippen LogP contribution in [0.5, 0.6) is 0 Å². The summed E-state index contributed by atoms with van der Waals surface area (Å²) in [6.45, 7) is 2.91. The van der Waals surface area contributed by atoms with E-state index < -0.39 is 6.10 Å². The lowest BCUT2D eigenvalue weighted by Gasteiger charge is -2.34.